The number of phosphoric ester groups is 1. The summed E-state index contributed by atoms with van der Waals surface area (Å²) in [5.74, 6) is -10.1. The summed E-state index contributed by atoms with van der Waals surface area (Å²) >= 11 is 0. The number of phosphoric acid groups is 1. The molecule has 0 aliphatic carbocycles. The van der Waals surface area contributed by atoms with Crippen LogP contribution >= 0.6 is 7.82 Å². The predicted molar refractivity (Wildman–Crippen MR) is 146 cm³/mol. The van der Waals surface area contributed by atoms with Gasteiger partial charge in [-0.25, -0.2) is 14.2 Å². The van der Waals surface area contributed by atoms with Gasteiger partial charge in [-0.05, 0) is 7.05 Å². The number of rotatable bonds is 15. The Morgan fingerprint density at radius 2 is 1.46 bits per heavy atom. The van der Waals surface area contributed by atoms with Gasteiger partial charge in [-0.3, -0.25) is 4.52 Å². The molecule has 3 aliphatic heterocycles. The first-order chi connectivity index (χ1) is 22.3. The Balaban J connectivity index is 2.01. The highest BCUT2D eigenvalue weighted by Gasteiger charge is 2.61. The van der Waals surface area contributed by atoms with Crippen molar-refractivity contribution in [1.29, 1.82) is 0 Å². The zero-order chi connectivity index (χ0) is 36.4. The summed E-state index contributed by atoms with van der Waals surface area (Å²) in [6.45, 7) is -3.27. The number of aliphatic carboxylic acids is 2. The van der Waals surface area contributed by atoms with E-state index in [0.717, 1.165) is 7.11 Å². The molecule has 0 radical (unpaired) electrons. The van der Waals surface area contributed by atoms with Gasteiger partial charge in [0.25, 0.3) is 11.6 Å². The number of hydrogen-bond donors (Lipinski definition) is 13. The van der Waals surface area contributed by atoms with Crippen LogP contribution in [0.5, 0.6) is 0 Å². The van der Waals surface area contributed by atoms with E-state index in [1.54, 1.807) is 0 Å². The Bertz CT molecular complexity index is 1150. The van der Waals surface area contributed by atoms with Crippen molar-refractivity contribution in [2.75, 3.05) is 34.0 Å². The van der Waals surface area contributed by atoms with E-state index in [2.05, 4.69) is 5.32 Å². The maximum Gasteiger partial charge on any atom is 0.470 e. The lowest BCUT2D eigenvalue weighted by Crippen LogP contribution is -2.68. The first-order valence-electron chi connectivity index (χ1n) is 14.3. The fourth-order valence-corrected chi connectivity index (χ4v) is 6.34. The van der Waals surface area contributed by atoms with Crippen molar-refractivity contribution >= 4 is 19.8 Å². The van der Waals surface area contributed by atoms with Gasteiger partial charge in [0.2, 0.25) is 0 Å². The van der Waals surface area contributed by atoms with Gasteiger partial charge in [0.1, 0.15) is 54.9 Å². The van der Waals surface area contributed by atoms with Gasteiger partial charge in [0.05, 0.1) is 38.1 Å². The van der Waals surface area contributed by atoms with Crippen molar-refractivity contribution in [1.82, 2.24) is 5.32 Å². The third-order valence-electron chi connectivity index (χ3n) is 8.19. The number of hydrogen-bond acceptors (Lipinski definition) is 19. The number of aliphatic hydroxyl groups excluding tert-OH is 8. The molecule has 0 aromatic carbocycles. The van der Waals surface area contributed by atoms with Crippen LogP contribution in [0, 0.1) is 0 Å². The summed E-state index contributed by atoms with van der Waals surface area (Å²) in [6.07, 6.45) is -25.1. The van der Waals surface area contributed by atoms with Gasteiger partial charge >= 0.3 is 19.8 Å². The fourth-order valence-electron chi connectivity index (χ4n) is 5.76. The van der Waals surface area contributed by atoms with Crippen molar-refractivity contribution in [3.05, 3.63) is 0 Å². The number of nitrogens with one attached hydrogen (secondary N) is 1. The molecule has 0 amide bonds. The molecule has 3 fully saturated rings. The van der Waals surface area contributed by atoms with Gasteiger partial charge in [-0.15, -0.1) is 0 Å². The fraction of sp³-hybridized carbons (Fsp3) is 0.917. The van der Waals surface area contributed by atoms with Crippen LogP contribution in [0.2, 0.25) is 0 Å². The van der Waals surface area contributed by atoms with Crippen molar-refractivity contribution in [3.8, 4) is 0 Å². The first kappa shape index (κ1) is 40.9. The van der Waals surface area contributed by atoms with Crippen LogP contribution in [0.25, 0.3) is 0 Å². The Hall–Kier alpha value is -1.55. The predicted octanol–water partition coefficient (Wildman–Crippen LogP) is -6.88. The Kier molecular flexibility index (Phi) is 13.8. The Morgan fingerprint density at radius 1 is 0.917 bits per heavy atom. The molecule has 0 unspecified atom stereocenters. The Labute approximate surface area is 271 Å². The van der Waals surface area contributed by atoms with Crippen molar-refractivity contribution < 1.29 is 108 Å². The van der Waals surface area contributed by atoms with Crippen LogP contribution in [0.15, 0.2) is 0 Å². The van der Waals surface area contributed by atoms with Gasteiger partial charge in [0, 0.05) is 20.0 Å². The standard InChI is InChI=1S/C24H42NO22P/c1-25-13-19(41-2)18(47-48(38,39)40)12(43-20(13)33)7-42-23(21(34)35)4-11(15(32)17(45-23)10(30)6-27)44-24(22(36)37)3-8(28)14(31)16(46-24)9(29)5-26/h8-20,25-33H,3-7H2,1-2H3,(H,34,35)(H,36,37)(H2,38,39,40)/t8-,9-,10-,11-,12-,13-,14-,15-,16-,17-,18-,19-,20-,23-,24-/m1/s1. The van der Waals surface area contributed by atoms with Crippen molar-refractivity contribution in [3.63, 3.8) is 0 Å². The van der Waals surface area contributed by atoms with E-state index in [1.165, 1.54) is 7.05 Å². The van der Waals surface area contributed by atoms with E-state index >= 15 is 0 Å². The molecule has 3 aliphatic rings. The number of carboxylic acids is 2. The SMILES string of the molecule is CN[C@@H]1[C@@H](OC)[C@H](OP(=O)(O)O)[C@@H](CO[C@]2(C(=O)O)C[C@@H](O[C@]3(C(=O)O)C[C@@H](O)[C@@H](O)[C@@H]([C@H](O)CO)O3)[C@@H](O)[C@@H]([C@H](O)CO)O2)O[C@H]1O. The largest absolute Gasteiger partial charge is 0.477 e. The topological polar surface area (TPSA) is 371 Å². The first-order valence-corrected chi connectivity index (χ1v) is 15.9. The highest BCUT2D eigenvalue weighted by Crippen LogP contribution is 2.43. The normalized spacial score (nSPS) is 42.2. The monoisotopic (exact) mass is 727 g/mol. The summed E-state index contributed by atoms with van der Waals surface area (Å²) in [4.78, 5) is 44.3. The van der Waals surface area contributed by atoms with Crippen LogP contribution < -0.4 is 5.32 Å². The second-order valence-electron chi connectivity index (χ2n) is 11.3. The number of carboxylic acid groups (broad SMARTS) is 2. The zero-order valence-corrected chi connectivity index (χ0v) is 26.3. The lowest BCUT2D eigenvalue weighted by atomic mass is 9.90. The second kappa shape index (κ2) is 16.2. The molecule has 0 aromatic rings. The van der Waals surface area contributed by atoms with E-state index in [9.17, 15) is 75.0 Å². The molecule has 0 bridgehead atoms. The maximum atomic E-state index is 12.7. The molecule has 13 N–H and O–H groups in total. The molecular weight excluding hydrogens is 685 g/mol. The quantitative estimate of drug-likeness (QED) is 0.0697. The van der Waals surface area contributed by atoms with Crippen LogP contribution in [0.1, 0.15) is 12.8 Å². The summed E-state index contributed by atoms with van der Waals surface area (Å²) in [6, 6.07) is -1.14. The molecule has 24 heteroatoms. The molecule has 3 saturated heterocycles. The molecule has 0 aromatic heterocycles. The lowest BCUT2D eigenvalue weighted by molar-refractivity contribution is -0.377. The number of aliphatic hydroxyl groups is 8. The number of methoxy groups -OCH3 is 1. The molecule has 3 rings (SSSR count). The molecule has 15 atom stereocenters. The van der Waals surface area contributed by atoms with Gasteiger partial charge < -0.3 is 94.6 Å². The van der Waals surface area contributed by atoms with Gasteiger partial charge in [-0.2, -0.15) is 0 Å². The van der Waals surface area contributed by atoms with E-state index < -0.39 is 143 Å². The molecule has 48 heavy (non-hydrogen) atoms. The van der Waals surface area contributed by atoms with Crippen LogP contribution in [0.4, 0.5) is 0 Å². The maximum absolute atomic E-state index is 12.7. The third kappa shape index (κ3) is 8.66. The molecular formula is C24H42NO22P. The molecule has 0 saturated carbocycles. The number of likely N-dealkylation sites (N-methyl/N-ethyl adjacent to an activating group) is 1. The zero-order valence-electron chi connectivity index (χ0n) is 25.4. The van der Waals surface area contributed by atoms with Gasteiger partial charge in [0.15, 0.2) is 6.29 Å². The highest BCUT2D eigenvalue weighted by molar-refractivity contribution is 7.46. The van der Waals surface area contributed by atoms with Crippen LogP contribution in [0.3, 0.4) is 0 Å². The van der Waals surface area contributed by atoms with E-state index in [1.807, 2.05) is 0 Å². The molecule has 23 nitrogen and oxygen atoms in total. The average molecular weight is 728 g/mol. The lowest BCUT2D eigenvalue weighted by Gasteiger charge is -2.50. The minimum Gasteiger partial charge on any atom is -0.477 e. The van der Waals surface area contributed by atoms with E-state index in [-0.39, 0.29) is 0 Å². The van der Waals surface area contributed by atoms with E-state index in [4.69, 9.17) is 32.9 Å². The number of ether oxygens (including phenoxy) is 6. The van der Waals surface area contributed by atoms with Crippen LogP contribution in [-0.2, 0) is 47.1 Å². The Morgan fingerprint density at radius 3 is 1.94 bits per heavy atom. The summed E-state index contributed by atoms with van der Waals surface area (Å²) in [5.41, 5.74) is 0. The van der Waals surface area contributed by atoms with Crippen LogP contribution in [-0.4, -0.2) is 198 Å². The van der Waals surface area contributed by atoms with Crippen molar-refractivity contribution in [2.45, 2.75) is 104 Å². The molecule has 280 valence electrons. The second-order valence-corrected chi connectivity index (χ2v) is 12.5. The van der Waals surface area contributed by atoms with E-state index in [0.29, 0.717) is 0 Å². The molecule has 0 spiro atoms. The summed E-state index contributed by atoms with van der Waals surface area (Å²) < 4.78 is 49.0. The minimum atomic E-state index is -5.31. The summed E-state index contributed by atoms with van der Waals surface area (Å²) in [5, 5.41) is 105. The molecule has 3 heterocycles. The third-order valence-corrected chi connectivity index (χ3v) is 8.70. The van der Waals surface area contributed by atoms with Gasteiger partial charge in [-0.1, -0.05) is 0 Å². The average Bonchev–Trinajstić information content (AvgIpc) is 3.01. The number of carbonyl (C=O) groups is 2. The minimum absolute atomic E-state index is 1.04. The highest BCUT2D eigenvalue weighted by atomic mass is 31.2. The smallest absolute Gasteiger partial charge is 0.470 e. The van der Waals surface area contributed by atoms with Crippen molar-refractivity contribution in [2.24, 2.45) is 0 Å². The summed E-state index contributed by atoms with van der Waals surface area (Å²) in [7, 11) is -2.84.